The van der Waals surface area contributed by atoms with Crippen LogP contribution in [0.3, 0.4) is 0 Å². The topological polar surface area (TPSA) is 64.0 Å². The number of benzene rings is 3. The third-order valence-corrected chi connectivity index (χ3v) is 5.67. The molecule has 1 unspecified atom stereocenters. The lowest BCUT2D eigenvalue weighted by molar-refractivity contribution is 0.0951. The van der Waals surface area contributed by atoms with Crippen molar-refractivity contribution < 1.29 is 13.4 Å². The maximum atomic E-state index is 13.4. The summed E-state index contributed by atoms with van der Waals surface area (Å²) in [5, 5.41) is 7.63. The first-order valence-corrected chi connectivity index (χ1v) is 11.8. The number of nitrogens with one attached hydrogen (secondary N) is 1. The van der Waals surface area contributed by atoms with E-state index in [-0.39, 0.29) is 18.3 Å². The minimum Gasteiger partial charge on any atom is -0.348 e. The first-order chi connectivity index (χ1) is 15.5. The highest BCUT2D eigenvalue weighted by molar-refractivity contribution is 7.83. The molecule has 4 aromatic rings. The van der Waals surface area contributed by atoms with Crippen molar-refractivity contribution in [1.82, 2.24) is 15.1 Å². The highest BCUT2D eigenvalue weighted by Gasteiger charge is 2.14. The normalized spacial score (nSPS) is 11.8. The Hall–Kier alpha value is -3.58. The van der Waals surface area contributed by atoms with E-state index in [9.17, 15) is 13.4 Å². The molecule has 1 amide bonds. The quantitative estimate of drug-likeness (QED) is 0.454. The van der Waals surface area contributed by atoms with E-state index in [2.05, 4.69) is 10.4 Å². The summed E-state index contributed by atoms with van der Waals surface area (Å²) in [6.07, 6.45) is 3.50. The van der Waals surface area contributed by atoms with Gasteiger partial charge in [0.05, 0.1) is 11.4 Å². The van der Waals surface area contributed by atoms with Crippen LogP contribution < -0.4 is 5.32 Å². The highest BCUT2D eigenvalue weighted by Crippen LogP contribution is 2.24. The highest BCUT2D eigenvalue weighted by atomic mass is 32.2. The summed E-state index contributed by atoms with van der Waals surface area (Å²) in [5.41, 5.74) is 4.48. The van der Waals surface area contributed by atoms with Gasteiger partial charge in [-0.2, -0.15) is 5.10 Å². The molecule has 7 heteroatoms. The first kappa shape index (κ1) is 21.6. The first-order valence-electron chi connectivity index (χ1n) is 10.1. The molecule has 1 N–H and O–H groups in total. The fraction of sp³-hybridized carbons (Fsp3) is 0.120. The maximum Gasteiger partial charge on any atom is 0.251 e. The molecule has 0 saturated carbocycles. The zero-order valence-electron chi connectivity index (χ0n) is 17.5. The molecule has 0 saturated heterocycles. The number of aromatic nitrogens is 2. The summed E-state index contributed by atoms with van der Waals surface area (Å²) in [4.78, 5) is 12.8. The second-order valence-corrected chi connectivity index (χ2v) is 8.83. The smallest absolute Gasteiger partial charge is 0.251 e. The average Bonchev–Trinajstić information content (AvgIpc) is 3.22. The third-order valence-electron chi connectivity index (χ3n) is 4.93. The van der Waals surface area contributed by atoms with Gasteiger partial charge in [-0.15, -0.1) is 0 Å². The number of para-hydroxylation sites is 1. The monoisotopic (exact) mass is 447 g/mol. The molecule has 162 valence electrons. The van der Waals surface area contributed by atoms with Gasteiger partial charge < -0.3 is 5.32 Å². The molecule has 0 aliphatic heterocycles. The molecule has 1 aromatic heterocycles. The molecule has 0 aliphatic carbocycles. The van der Waals surface area contributed by atoms with Crippen LogP contribution in [0.15, 0.2) is 85.1 Å². The minimum atomic E-state index is -0.982. The number of rotatable bonds is 7. The summed E-state index contributed by atoms with van der Waals surface area (Å²) in [5.74, 6) is -0.148. The van der Waals surface area contributed by atoms with Gasteiger partial charge in [0.1, 0.15) is 5.82 Å². The van der Waals surface area contributed by atoms with Crippen molar-refractivity contribution in [2.24, 2.45) is 0 Å². The summed E-state index contributed by atoms with van der Waals surface area (Å²) in [6.45, 7) is 0.252. The van der Waals surface area contributed by atoms with Crippen LogP contribution in [0.2, 0.25) is 0 Å². The summed E-state index contributed by atoms with van der Waals surface area (Å²) in [6, 6.07) is 22.9. The maximum absolute atomic E-state index is 13.4. The Morgan fingerprint density at radius 1 is 1.03 bits per heavy atom. The molecule has 3 aromatic carbocycles. The fourth-order valence-corrected chi connectivity index (χ4v) is 4.07. The van der Waals surface area contributed by atoms with Crippen LogP contribution >= 0.6 is 0 Å². The van der Waals surface area contributed by atoms with Crippen molar-refractivity contribution in [3.63, 3.8) is 0 Å². The Kier molecular flexibility index (Phi) is 6.56. The van der Waals surface area contributed by atoms with E-state index in [1.54, 1.807) is 41.3 Å². The van der Waals surface area contributed by atoms with Crippen molar-refractivity contribution in [3.05, 3.63) is 108 Å². The van der Waals surface area contributed by atoms with Gasteiger partial charge in [0.25, 0.3) is 5.91 Å². The second-order valence-electron chi connectivity index (χ2n) is 7.39. The lowest BCUT2D eigenvalue weighted by Gasteiger charge is -2.07. The van der Waals surface area contributed by atoms with Crippen molar-refractivity contribution >= 4 is 16.7 Å². The average molecular weight is 448 g/mol. The van der Waals surface area contributed by atoms with Crippen molar-refractivity contribution in [2.75, 3.05) is 6.26 Å². The zero-order valence-corrected chi connectivity index (χ0v) is 18.3. The summed E-state index contributed by atoms with van der Waals surface area (Å²) < 4.78 is 26.7. The molecule has 0 fully saturated rings. The Bertz CT molecular complexity index is 1250. The Morgan fingerprint density at radius 2 is 1.78 bits per heavy atom. The van der Waals surface area contributed by atoms with E-state index in [4.69, 9.17) is 0 Å². The van der Waals surface area contributed by atoms with Crippen LogP contribution in [-0.2, 0) is 23.1 Å². The summed E-state index contributed by atoms with van der Waals surface area (Å²) in [7, 11) is -0.982. The number of carbonyl (C=O) groups excluding carboxylic acids is 1. The van der Waals surface area contributed by atoms with E-state index in [1.165, 1.54) is 12.1 Å². The van der Waals surface area contributed by atoms with Crippen LogP contribution in [-0.4, -0.2) is 26.2 Å². The predicted octanol–water partition coefficient (Wildman–Crippen LogP) is 4.49. The Labute approximate surface area is 188 Å². The number of halogens is 1. The van der Waals surface area contributed by atoms with E-state index in [1.807, 2.05) is 42.6 Å². The molecule has 5 nitrogen and oxygen atoms in total. The zero-order chi connectivity index (χ0) is 22.5. The molecule has 0 aliphatic rings. The molecule has 0 bridgehead atoms. The van der Waals surface area contributed by atoms with Crippen LogP contribution in [0.4, 0.5) is 4.39 Å². The molecule has 0 spiro atoms. The van der Waals surface area contributed by atoms with Gasteiger partial charge in [-0.05, 0) is 54.1 Å². The van der Waals surface area contributed by atoms with E-state index in [0.29, 0.717) is 17.0 Å². The predicted molar refractivity (Wildman–Crippen MR) is 124 cm³/mol. The molecule has 0 radical (unpaired) electrons. The van der Waals surface area contributed by atoms with Crippen LogP contribution in [0, 0.1) is 5.82 Å². The fourth-order valence-electron chi connectivity index (χ4n) is 3.42. The Morgan fingerprint density at radius 3 is 2.50 bits per heavy atom. The number of hydrogen-bond donors (Lipinski definition) is 1. The van der Waals surface area contributed by atoms with E-state index >= 15 is 0 Å². The SMILES string of the molecule is CS(=O)Cc1cccc(C(=O)NCc2cn(-c3ccccc3)nc2-c2ccc(F)cc2)c1. The van der Waals surface area contributed by atoms with Gasteiger partial charge >= 0.3 is 0 Å². The molecular weight excluding hydrogens is 425 g/mol. The Balaban J connectivity index is 1.60. The van der Waals surface area contributed by atoms with Crippen molar-refractivity contribution in [2.45, 2.75) is 12.3 Å². The van der Waals surface area contributed by atoms with Gasteiger partial charge in [0, 0.05) is 52.2 Å². The lowest BCUT2D eigenvalue weighted by atomic mass is 10.1. The molecule has 1 atom stereocenters. The number of amides is 1. The van der Waals surface area contributed by atoms with Gasteiger partial charge in [0.2, 0.25) is 0 Å². The molecule has 32 heavy (non-hydrogen) atoms. The largest absolute Gasteiger partial charge is 0.348 e. The van der Waals surface area contributed by atoms with Crippen LogP contribution in [0.5, 0.6) is 0 Å². The summed E-state index contributed by atoms with van der Waals surface area (Å²) >= 11 is 0. The molecule has 4 rings (SSSR count). The number of carbonyl (C=O) groups is 1. The van der Waals surface area contributed by atoms with E-state index < -0.39 is 10.8 Å². The lowest BCUT2D eigenvalue weighted by Crippen LogP contribution is -2.23. The van der Waals surface area contributed by atoms with Crippen LogP contribution in [0.25, 0.3) is 16.9 Å². The van der Waals surface area contributed by atoms with E-state index in [0.717, 1.165) is 22.4 Å². The number of hydrogen-bond acceptors (Lipinski definition) is 3. The van der Waals surface area contributed by atoms with Gasteiger partial charge in [0.15, 0.2) is 0 Å². The van der Waals surface area contributed by atoms with Crippen molar-refractivity contribution in [3.8, 4) is 16.9 Å². The number of nitrogens with zero attached hydrogens (tertiary/aromatic N) is 2. The minimum absolute atomic E-state index is 0.230. The van der Waals surface area contributed by atoms with Gasteiger partial charge in [-0.3, -0.25) is 9.00 Å². The molecule has 1 heterocycles. The van der Waals surface area contributed by atoms with Crippen molar-refractivity contribution in [1.29, 1.82) is 0 Å². The van der Waals surface area contributed by atoms with Gasteiger partial charge in [-0.25, -0.2) is 9.07 Å². The second kappa shape index (κ2) is 9.70. The molecular formula is C25H22FN3O2S. The van der Waals surface area contributed by atoms with Gasteiger partial charge in [-0.1, -0.05) is 30.3 Å². The third kappa shape index (κ3) is 5.18. The van der Waals surface area contributed by atoms with Crippen LogP contribution in [0.1, 0.15) is 21.5 Å². The standard InChI is InChI=1S/C25H22FN3O2S/c1-32(31)17-18-6-5-7-20(14-18)25(30)27-15-21-16-29(23-8-3-2-4-9-23)28-24(21)19-10-12-22(26)13-11-19/h2-14,16H,15,17H2,1H3,(H,27,30).